The summed E-state index contributed by atoms with van der Waals surface area (Å²) in [6.07, 6.45) is 30.0. The van der Waals surface area contributed by atoms with Crippen molar-refractivity contribution in [2.24, 2.45) is 0 Å². The number of hydrogen-bond donors (Lipinski definition) is 0. The smallest absolute Gasteiger partial charge is 0.0260 e. The van der Waals surface area contributed by atoms with Crippen molar-refractivity contribution in [3.05, 3.63) is 54.1 Å². The van der Waals surface area contributed by atoms with Crippen molar-refractivity contribution in [3.63, 3.8) is 0 Å². The average Bonchev–Trinajstić information content (AvgIpc) is 2.68. The van der Waals surface area contributed by atoms with E-state index in [0.717, 1.165) is 0 Å². The highest BCUT2D eigenvalue weighted by molar-refractivity contribution is 5.48. The van der Waals surface area contributed by atoms with Crippen LogP contribution in [-0.4, -0.2) is 0 Å². The molecule has 1 aromatic rings. The maximum atomic E-state index is 2.42. The van der Waals surface area contributed by atoms with Gasteiger partial charge in [0.1, 0.15) is 0 Å². The Morgan fingerprint density at radius 1 is 0.538 bits per heavy atom. The van der Waals surface area contributed by atoms with E-state index in [2.05, 4.69) is 61.6 Å². The summed E-state index contributed by atoms with van der Waals surface area (Å²) in [5, 5.41) is 0. The number of benzene rings is 1. The van der Waals surface area contributed by atoms with Crippen LogP contribution in [0.2, 0.25) is 0 Å². The molecule has 0 heteroatoms. The predicted octanol–water partition coefficient (Wildman–Crippen LogP) is 9.13. The van der Waals surface area contributed by atoms with E-state index in [-0.39, 0.29) is 0 Å². The maximum absolute atomic E-state index is 2.42. The summed E-state index contributed by atoms with van der Waals surface area (Å²) in [6.45, 7) is 2.29. The van der Waals surface area contributed by atoms with E-state index in [1.54, 1.807) is 0 Å². The van der Waals surface area contributed by atoms with Gasteiger partial charge in [-0.05, 0) is 44.1 Å². The standard InChI is InChI=1S/C26H42/c1-2-3-4-5-6-7-8-9-10-11-12-13-14-15-16-17-18-20-23-26-24-21-19-22-25-26/h9-10,19-25H,2-8,11-18H2,1H3. The summed E-state index contributed by atoms with van der Waals surface area (Å²) in [7, 11) is 0. The molecule has 0 N–H and O–H groups in total. The molecule has 1 aromatic carbocycles. The molecule has 0 amide bonds. The largest absolute Gasteiger partial charge is 0.0885 e. The summed E-state index contributed by atoms with van der Waals surface area (Å²) in [6, 6.07) is 10.6. The Morgan fingerprint density at radius 2 is 1.00 bits per heavy atom. The van der Waals surface area contributed by atoms with E-state index in [9.17, 15) is 0 Å². The van der Waals surface area contributed by atoms with Crippen LogP contribution in [0.5, 0.6) is 0 Å². The van der Waals surface area contributed by atoms with Crippen molar-refractivity contribution >= 4 is 6.08 Å². The fourth-order valence-electron chi connectivity index (χ4n) is 3.29. The van der Waals surface area contributed by atoms with Gasteiger partial charge in [0.05, 0.1) is 0 Å². The van der Waals surface area contributed by atoms with E-state index in [4.69, 9.17) is 0 Å². The summed E-state index contributed by atoms with van der Waals surface area (Å²) in [4.78, 5) is 0. The molecule has 146 valence electrons. The quantitative estimate of drug-likeness (QED) is 0.193. The summed E-state index contributed by atoms with van der Waals surface area (Å²) in [5.74, 6) is 0. The molecule has 0 nitrogen and oxygen atoms in total. The van der Waals surface area contributed by atoms with Gasteiger partial charge in [-0.1, -0.05) is 119 Å². The molecule has 0 radical (unpaired) electrons. The van der Waals surface area contributed by atoms with Crippen LogP contribution < -0.4 is 0 Å². The lowest BCUT2D eigenvalue weighted by molar-refractivity contribution is 0.599. The molecule has 0 bridgehead atoms. The van der Waals surface area contributed by atoms with Gasteiger partial charge in [0.15, 0.2) is 0 Å². The van der Waals surface area contributed by atoms with Gasteiger partial charge in [-0.2, -0.15) is 0 Å². The monoisotopic (exact) mass is 354 g/mol. The van der Waals surface area contributed by atoms with Crippen LogP contribution in [-0.2, 0) is 0 Å². The van der Waals surface area contributed by atoms with E-state index in [0.29, 0.717) is 0 Å². The number of allylic oxidation sites excluding steroid dienone is 3. The van der Waals surface area contributed by atoms with Gasteiger partial charge in [0, 0.05) is 0 Å². The normalized spacial score (nSPS) is 11.7. The van der Waals surface area contributed by atoms with Crippen LogP contribution in [0, 0.1) is 0 Å². The first kappa shape index (κ1) is 22.7. The minimum atomic E-state index is 1.22. The molecule has 0 aliphatic rings. The molecule has 0 aromatic heterocycles. The lowest BCUT2D eigenvalue weighted by Gasteiger charge is -2.00. The Morgan fingerprint density at radius 3 is 1.54 bits per heavy atom. The van der Waals surface area contributed by atoms with E-state index < -0.39 is 0 Å². The Bertz CT molecular complexity index is 440. The van der Waals surface area contributed by atoms with Crippen molar-refractivity contribution in [1.29, 1.82) is 0 Å². The van der Waals surface area contributed by atoms with Crippen LogP contribution in [0.1, 0.15) is 109 Å². The minimum absolute atomic E-state index is 1.22. The zero-order valence-corrected chi connectivity index (χ0v) is 17.3. The molecule has 0 heterocycles. The Kier molecular flexibility index (Phi) is 16.2. The van der Waals surface area contributed by atoms with Crippen molar-refractivity contribution < 1.29 is 0 Å². The molecule has 0 saturated carbocycles. The first-order valence-electron chi connectivity index (χ1n) is 11.3. The number of rotatable bonds is 17. The van der Waals surface area contributed by atoms with Gasteiger partial charge in [-0.3, -0.25) is 0 Å². The molecule has 0 unspecified atom stereocenters. The molecule has 0 aliphatic heterocycles. The van der Waals surface area contributed by atoms with Crippen LogP contribution in [0.25, 0.3) is 6.08 Å². The summed E-state index contributed by atoms with van der Waals surface area (Å²) in [5.41, 5.74) is 1.32. The first-order chi connectivity index (χ1) is 12.9. The van der Waals surface area contributed by atoms with Crippen LogP contribution in [0.4, 0.5) is 0 Å². The molecule has 0 atom stereocenters. The van der Waals surface area contributed by atoms with E-state index in [1.165, 1.54) is 102 Å². The first-order valence-corrected chi connectivity index (χ1v) is 11.3. The lowest BCUT2D eigenvalue weighted by atomic mass is 10.1. The SMILES string of the molecule is CCCCCCCCC=CCCCCCCCCC=Cc1ccccc1. The summed E-state index contributed by atoms with van der Waals surface area (Å²) >= 11 is 0. The molecular formula is C26H42. The van der Waals surface area contributed by atoms with Crippen molar-refractivity contribution in [1.82, 2.24) is 0 Å². The Balaban J connectivity index is 1.78. The van der Waals surface area contributed by atoms with Gasteiger partial charge in [0.2, 0.25) is 0 Å². The fraction of sp³-hybridized carbons (Fsp3) is 0.615. The molecule has 1 rings (SSSR count). The van der Waals surface area contributed by atoms with Crippen molar-refractivity contribution in [2.75, 3.05) is 0 Å². The van der Waals surface area contributed by atoms with Crippen LogP contribution in [0.15, 0.2) is 48.6 Å². The maximum Gasteiger partial charge on any atom is -0.0260 e. The summed E-state index contributed by atoms with van der Waals surface area (Å²) < 4.78 is 0. The molecule has 26 heavy (non-hydrogen) atoms. The predicted molar refractivity (Wildman–Crippen MR) is 120 cm³/mol. The van der Waals surface area contributed by atoms with Gasteiger partial charge >= 0.3 is 0 Å². The molecular weight excluding hydrogens is 312 g/mol. The Labute approximate surface area is 163 Å². The second-order valence-corrected chi connectivity index (χ2v) is 7.54. The van der Waals surface area contributed by atoms with Crippen molar-refractivity contribution in [2.45, 2.75) is 103 Å². The van der Waals surface area contributed by atoms with Gasteiger partial charge in [0.25, 0.3) is 0 Å². The molecule has 0 spiro atoms. The van der Waals surface area contributed by atoms with Gasteiger partial charge in [-0.15, -0.1) is 0 Å². The van der Waals surface area contributed by atoms with Crippen LogP contribution >= 0.6 is 0 Å². The molecule has 0 fully saturated rings. The molecule has 0 saturated heterocycles. The Hall–Kier alpha value is -1.30. The van der Waals surface area contributed by atoms with E-state index in [1.807, 2.05) is 0 Å². The highest BCUT2D eigenvalue weighted by atomic mass is 14.0. The number of hydrogen-bond acceptors (Lipinski definition) is 0. The topological polar surface area (TPSA) is 0 Å². The number of unbranched alkanes of at least 4 members (excludes halogenated alkanes) is 13. The minimum Gasteiger partial charge on any atom is -0.0885 e. The van der Waals surface area contributed by atoms with Crippen LogP contribution in [0.3, 0.4) is 0 Å². The lowest BCUT2D eigenvalue weighted by Crippen LogP contribution is -1.80. The van der Waals surface area contributed by atoms with Gasteiger partial charge < -0.3 is 0 Å². The highest BCUT2D eigenvalue weighted by Crippen LogP contribution is 2.11. The fourth-order valence-corrected chi connectivity index (χ4v) is 3.29. The zero-order valence-electron chi connectivity index (χ0n) is 17.3. The van der Waals surface area contributed by atoms with E-state index >= 15 is 0 Å². The van der Waals surface area contributed by atoms with Crippen molar-refractivity contribution in [3.8, 4) is 0 Å². The average molecular weight is 355 g/mol. The van der Waals surface area contributed by atoms with Gasteiger partial charge in [-0.25, -0.2) is 0 Å². The molecule has 0 aliphatic carbocycles. The third-order valence-corrected chi connectivity index (χ3v) is 4.99. The third-order valence-electron chi connectivity index (χ3n) is 4.99. The second-order valence-electron chi connectivity index (χ2n) is 7.54. The highest BCUT2D eigenvalue weighted by Gasteiger charge is 1.91. The zero-order chi connectivity index (χ0) is 18.5. The third kappa shape index (κ3) is 15.0. The second kappa shape index (κ2) is 18.5.